The lowest BCUT2D eigenvalue weighted by atomic mass is 9.90. The maximum Gasteiger partial charge on any atom is 0.231 e. The molecule has 0 N–H and O–H groups in total. The van der Waals surface area contributed by atoms with E-state index in [9.17, 15) is 0 Å². The molecule has 30 heavy (non-hydrogen) atoms. The van der Waals surface area contributed by atoms with Gasteiger partial charge in [-0.3, -0.25) is 0 Å². The van der Waals surface area contributed by atoms with Crippen LogP contribution in [-0.4, -0.2) is 41.3 Å². The summed E-state index contributed by atoms with van der Waals surface area (Å²) in [5.41, 5.74) is 2.12. The summed E-state index contributed by atoms with van der Waals surface area (Å²) in [7, 11) is 6.44. The molecule has 2 aromatic carbocycles. The number of hydrogen-bond acceptors (Lipinski definition) is 8. The van der Waals surface area contributed by atoms with Crippen LogP contribution in [0.3, 0.4) is 0 Å². The van der Waals surface area contributed by atoms with Crippen LogP contribution in [0.4, 0.5) is 0 Å². The standard InChI is InChI=1S/C22H22O8/c1-23-17-12-7-8-27-18(12)22(26-4)20-15(17)19(24-2)21(25-3)16(30-20)11-5-6-13-14(9-11)29-10-28-13/h5-9,16,19,21H,10H2,1-4H3/t16-,19-,21-/m1/s1. The van der Waals surface area contributed by atoms with E-state index in [1.165, 1.54) is 0 Å². The first-order valence-electron chi connectivity index (χ1n) is 9.48. The minimum atomic E-state index is -0.493. The molecule has 0 fully saturated rings. The van der Waals surface area contributed by atoms with Crippen LogP contribution in [-0.2, 0) is 9.47 Å². The maximum absolute atomic E-state index is 6.49. The lowest BCUT2D eigenvalue weighted by Crippen LogP contribution is -2.37. The summed E-state index contributed by atoms with van der Waals surface area (Å²) in [4.78, 5) is 0. The summed E-state index contributed by atoms with van der Waals surface area (Å²) in [5, 5.41) is 0.773. The summed E-state index contributed by atoms with van der Waals surface area (Å²) in [5.74, 6) is 2.95. The second-order valence-electron chi connectivity index (χ2n) is 6.98. The molecule has 0 aliphatic carbocycles. The zero-order valence-electron chi connectivity index (χ0n) is 17.1. The Bertz CT molecular complexity index is 1090. The van der Waals surface area contributed by atoms with Crippen LogP contribution < -0.4 is 23.7 Å². The monoisotopic (exact) mass is 414 g/mol. The van der Waals surface area contributed by atoms with Gasteiger partial charge in [0.25, 0.3) is 0 Å². The highest BCUT2D eigenvalue weighted by molar-refractivity contribution is 5.94. The van der Waals surface area contributed by atoms with Gasteiger partial charge in [0, 0.05) is 14.2 Å². The molecule has 3 heterocycles. The van der Waals surface area contributed by atoms with E-state index in [0.717, 1.165) is 16.5 Å². The Morgan fingerprint density at radius 1 is 0.900 bits per heavy atom. The second kappa shape index (κ2) is 7.30. The predicted molar refractivity (Wildman–Crippen MR) is 106 cm³/mol. The highest BCUT2D eigenvalue weighted by atomic mass is 16.7. The highest BCUT2D eigenvalue weighted by Crippen LogP contribution is 2.56. The van der Waals surface area contributed by atoms with Crippen LogP contribution in [0.15, 0.2) is 34.9 Å². The average molecular weight is 414 g/mol. The van der Waals surface area contributed by atoms with E-state index in [1.54, 1.807) is 34.7 Å². The third-order valence-electron chi connectivity index (χ3n) is 5.60. The molecule has 3 atom stereocenters. The lowest BCUT2D eigenvalue weighted by molar-refractivity contribution is -0.107. The average Bonchev–Trinajstić information content (AvgIpc) is 3.44. The summed E-state index contributed by atoms with van der Waals surface area (Å²) >= 11 is 0. The molecule has 8 nitrogen and oxygen atoms in total. The minimum Gasteiger partial charge on any atom is -0.495 e. The molecule has 0 radical (unpaired) electrons. The van der Waals surface area contributed by atoms with Crippen molar-refractivity contribution in [2.75, 3.05) is 35.2 Å². The first-order chi connectivity index (χ1) is 14.7. The Morgan fingerprint density at radius 3 is 2.43 bits per heavy atom. The van der Waals surface area contributed by atoms with Crippen LogP contribution >= 0.6 is 0 Å². The molecule has 158 valence electrons. The van der Waals surface area contributed by atoms with Crippen LogP contribution in [0.5, 0.6) is 28.7 Å². The molecular formula is C22H22O8. The van der Waals surface area contributed by atoms with Crippen molar-refractivity contribution in [3.05, 3.63) is 41.7 Å². The zero-order chi connectivity index (χ0) is 20.8. The zero-order valence-corrected chi connectivity index (χ0v) is 17.1. The van der Waals surface area contributed by atoms with Gasteiger partial charge in [0.2, 0.25) is 12.5 Å². The molecular weight excluding hydrogens is 392 g/mol. The molecule has 3 aromatic rings. The van der Waals surface area contributed by atoms with Gasteiger partial charge < -0.3 is 37.6 Å². The molecule has 8 heteroatoms. The van der Waals surface area contributed by atoms with Crippen molar-refractivity contribution in [3.63, 3.8) is 0 Å². The van der Waals surface area contributed by atoms with Crippen molar-refractivity contribution in [2.24, 2.45) is 0 Å². The first kappa shape index (κ1) is 18.9. The molecule has 5 rings (SSSR count). The number of hydrogen-bond donors (Lipinski definition) is 0. The van der Waals surface area contributed by atoms with Gasteiger partial charge in [-0.25, -0.2) is 0 Å². The topological polar surface area (TPSA) is 77.8 Å². The van der Waals surface area contributed by atoms with E-state index in [0.29, 0.717) is 34.3 Å². The van der Waals surface area contributed by atoms with E-state index in [4.69, 9.17) is 37.6 Å². The molecule has 1 aromatic heterocycles. The summed E-state index contributed by atoms with van der Waals surface area (Å²) in [6, 6.07) is 7.51. The predicted octanol–water partition coefficient (Wildman–Crippen LogP) is 4.01. The SMILES string of the molecule is COc1c2c(c(OC)c3occc13)O[C@H](c1ccc3c(c1)OCO3)[C@@H](OC)[C@@H]2OC. The molecule has 0 bridgehead atoms. The number of benzene rings is 2. The van der Waals surface area contributed by atoms with Gasteiger partial charge in [-0.05, 0) is 23.8 Å². The molecule has 0 saturated heterocycles. The van der Waals surface area contributed by atoms with Crippen molar-refractivity contribution in [1.82, 2.24) is 0 Å². The third kappa shape index (κ3) is 2.60. The van der Waals surface area contributed by atoms with E-state index in [2.05, 4.69) is 0 Å². The van der Waals surface area contributed by atoms with E-state index < -0.39 is 18.3 Å². The second-order valence-corrected chi connectivity index (χ2v) is 6.98. The summed E-state index contributed by atoms with van der Waals surface area (Å²) < 4.78 is 46.3. The molecule has 0 amide bonds. The van der Waals surface area contributed by atoms with E-state index in [-0.39, 0.29) is 6.79 Å². The van der Waals surface area contributed by atoms with Crippen LogP contribution in [0.25, 0.3) is 11.0 Å². The Kier molecular flexibility index (Phi) is 4.60. The smallest absolute Gasteiger partial charge is 0.231 e. The number of furan rings is 1. The summed E-state index contributed by atoms with van der Waals surface area (Å²) in [6.07, 6.45) is 0.169. The third-order valence-corrected chi connectivity index (χ3v) is 5.60. The highest BCUT2D eigenvalue weighted by Gasteiger charge is 2.45. The number of methoxy groups -OCH3 is 4. The summed E-state index contributed by atoms with van der Waals surface area (Å²) in [6.45, 7) is 0.197. The Labute approximate surface area is 173 Å². The van der Waals surface area contributed by atoms with Crippen molar-refractivity contribution in [3.8, 4) is 28.7 Å². The fourth-order valence-corrected chi connectivity index (χ4v) is 4.28. The number of rotatable bonds is 5. The van der Waals surface area contributed by atoms with Gasteiger partial charge in [-0.1, -0.05) is 6.07 Å². The molecule has 2 aliphatic rings. The fraction of sp³-hybridized carbons (Fsp3) is 0.364. The van der Waals surface area contributed by atoms with Gasteiger partial charge in [0.1, 0.15) is 18.0 Å². The number of ether oxygens (including phenoxy) is 7. The van der Waals surface area contributed by atoms with Gasteiger partial charge in [-0.2, -0.15) is 0 Å². The van der Waals surface area contributed by atoms with Gasteiger partial charge in [0.15, 0.2) is 28.9 Å². The maximum atomic E-state index is 6.49. The Hall–Kier alpha value is -3.10. The van der Waals surface area contributed by atoms with E-state index >= 15 is 0 Å². The Balaban J connectivity index is 1.72. The van der Waals surface area contributed by atoms with Crippen molar-refractivity contribution < 1.29 is 37.6 Å². The lowest BCUT2D eigenvalue weighted by Gasteiger charge is -2.39. The quantitative estimate of drug-likeness (QED) is 0.620. The molecule has 2 aliphatic heterocycles. The Morgan fingerprint density at radius 2 is 1.70 bits per heavy atom. The number of fused-ring (bicyclic) bond motifs is 3. The van der Waals surface area contributed by atoms with Gasteiger partial charge in [0.05, 0.1) is 31.4 Å². The largest absolute Gasteiger partial charge is 0.495 e. The normalized spacial score (nSPS) is 21.9. The van der Waals surface area contributed by atoms with Crippen LogP contribution in [0, 0.1) is 0 Å². The first-order valence-corrected chi connectivity index (χ1v) is 9.48. The van der Waals surface area contributed by atoms with Crippen LogP contribution in [0.2, 0.25) is 0 Å². The molecule has 0 spiro atoms. The fourth-order valence-electron chi connectivity index (χ4n) is 4.28. The van der Waals surface area contributed by atoms with Gasteiger partial charge >= 0.3 is 0 Å². The van der Waals surface area contributed by atoms with Gasteiger partial charge in [-0.15, -0.1) is 0 Å². The minimum absolute atomic E-state index is 0.197. The van der Waals surface area contributed by atoms with Crippen LogP contribution in [0.1, 0.15) is 23.3 Å². The van der Waals surface area contributed by atoms with Crippen molar-refractivity contribution >= 4 is 11.0 Å². The van der Waals surface area contributed by atoms with Crippen molar-refractivity contribution in [2.45, 2.75) is 18.3 Å². The van der Waals surface area contributed by atoms with E-state index in [1.807, 2.05) is 24.3 Å². The van der Waals surface area contributed by atoms with Crippen molar-refractivity contribution in [1.29, 1.82) is 0 Å². The molecule has 0 unspecified atom stereocenters. The molecule has 0 saturated carbocycles.